The molecule has 20 heavy (non-hydrogen) atoms. The zero-order chi connectivity index (χ0) is 14.5. The molecule has 0 fully saturated rings. The average Bonchev–Trinajstić information content (AvgIpc) is 2.41. The Kier molecular flexibility index (Phi) is 5.43. The van der Waals surface area contributed by atoms with Crippen LogP contribution < -0.4 is 11.3 Å². The molecule has 0 aliphatic heterocycles. The maximum Gasteiger partial charge on any atom is 0.129 e. The van der Waals surface area contributed by atoms with Crippen molar-refractivity contribution < 1.29 is 4.39 Å². The number of aryl methyl sites for hydroxylation is 1. The van der Waals surface area contributed by atoms with Gasteiger partial charge in [0.1, 0.15) is 5.82 Å². The van der Waals surface area contributed by atoms with Crippen molar-refractivity contribution in [3.8, 4) is 0 Å². The Morgan fingerprint density at radius 2 is 2.10 bits per heavy atom. The van der Waals surface area contributed by atoms with E-state index in [2.05, 4.69) is 11.5 Å². The lowest BCUT2D eigenvalue weighted by Gasteiger charge is -2.17. The van der Waals surface area contributed by atoms with Crippen LogP contribution in [0.4, 0.5) is 4.39 Å². The van der Waals surface area contributed by atoms with Gasteiger partial charge in [0.25, 0.3) is 0 Å². The molecule has 2 aromatic rings. The Hall–Kier alpha value is -1.07. The predicted molar refractivity (Wildman–Crippen MR) is 83.4 cm³/mol. The molecule has 0 bridgehead atoms. The van der Waals surface area contributed by atoms with Gasteiger partial charge in [-0.3, -0.25) is 11.3 Å². The highest BCUT2D eigenvalue weighted by Crippen LogP contribution is 2.27. The third kappa shape index (κ3) is 3.96. The molecule has 5 heteroatoms. The molecule has 0 radical (unpaired) electrons. The summed E-state index contributed by atoms with van der Waals surface area (Å²) in [5.41, 5.74) is 4.38. The maximum absolute atomic E-state index is 13.9. The number of rotatable bonds is 5. The van der Waals surface area contributed by atoms with Gasteiger partial charge in [-0.2, -0.15) is 0 Å². The Bertz CT molecular complexity index is 592. The number of hydrogen-bond acceptors (Lipinski definition) is 3. The number of halogens is 2. The number of nitrogens with two attached hydrogens (primary N) is 1. The molecule has 0 saturated carbocycles. The molecule has 0 amide bonds. The van der Waals surface area contributed by atoms with Gasteiger partial charge in [0, 0.05) is 21.2 Å². The van der Waals surface area contributed by atoms with Crippen molar-refractivity contribution in [2.45, 2.75) is 17.9 Å². The lowest BCUT2D eigenvalue weighted by molar-refractivity contribution is 0.546. The summed E-state index contributed by atoms with van der Waals surface area (Å²) in [4.78, 5) is 1.14. The molecular formula is C15H16ClFN2S. The van der Waals surface area contributed by atoms with E-state index >= 15 is 0 Å². The third-order valence-electron chi connectivity index (χ3n) is 2.95. The Labute approximate surface area is 127 Å². The molecule has 2 aromatic carbocycles. The minimum absolute atomic E-state index is 0.266. The van der Waals surface area contributed by atoms with Gasteiger partial charge < -0.3 is 0 Å². The highest BCUT2D eigenvalue weighted by molar-refractivity contribution is 7.99. The van der Waals surface area contributed by atoms with Crippen molar-refractivity contribution in [3.63, 3.8) is 0 Å². The number of nitrogens with one attached hydrogen (secondary N) is 1. The molecule has 1 unspecified atom stereocenters. The number of benzene rings is 2. The van der Waals surface area contributed by atoms with Crippen LogP contribution in [0.2, 0.25) is 5.02 Å². The molecule has 3 N–H and O–H groups in total. The lowest BCUT2D eigenvalue weighted by atomic mass is 10.1. The summed E-state index contributed by atoms with van der Waals surface area (Å²) < 4.78 is 13.9. The first-order valence-corrected chi connectivity index (χ1v) is 7.57. The molecule has 0 aliphatic rings. The number of hydrogen-bond donors (Lipinski definition) is 2. The summed E-state index contributed by atoms with van der Waals surface area (Å²) in [5.74, 6) is 5.84. The minimum Gasteiger partial charge on any atom is -0.271 e. The number of thioether (sulfide) groups is 1. The lowest BCUT2D eigenvalue weighted by Crippen LogP contribution is -2.30. The van der Waals surface area contributed by atoms with Crippen molar-refractivity contribution >= 4 is 23.4 Å². The summed E-state index contributed by atoms with van der Waals surface area (Å²) in [7, 11) is 0. The quantitative estimate of drug-likeness (QED) is 0.496. The highest BCUT2D eigenvalue weighted by atomic mass is 35.5. The molecule has 0 aliphatic carbocycles. The minimum atomic E-state index is -0.342. The van der Waals surface area contributed by atoms with Crippen molar-refractivity contribution in [2.75, 3.05) is 5.75 Å². The van der Waals surface area contributed by atoms with E-state index in [9.17, 15) is 4.39 Å². The standard InChI is InChI=1S/C15H16ClFN2S/c1-10-3-2-4-12(7-10)20-9-15(19-18)13-6-5-11(16)8-14(13)17/h2-8,15,19H,9,18H2,1H3. The molecule has 1 atom stereocenters. The fourth-order valence-electron chi connectivity index (χ4n) is 1.90. The highest BCUT2D eigenvalue weighted by Gasteiger charge is 2.15. The van der Waals surface area contributed by atoms with E-state index in [4.69, 9.17) is 17.4 Å². The van der Waals surface area contributed by atoms with E-state index in [1.165, 1.54) is 11.6 Å². The summed E-state index contributed by atoms with van der Waals surface area (Å²) in [5, 5.41) is 0.383. The summed E-state index contributed by atoms with van der Waals surface area (Å²) in [6.45, 7) is 2.04. The molecule has 0 saturated heterocycles. The van der Waals surface area contributed by atoms with Crippen molar-refractivity contribution in [1.29, 1.82) is 0 Å². The molecule has 0 spiro atoms. The van der Waals surface area contributed by atoms with Crippen molar-refractivity contribution in [2.24, 2.45) is 5.84 Å². The molecule has 2 nitrogen and oxygen atoms in total. The number of hydrazine groups is 1. The van der Waals surface area contributed by atoms with E-state index in [0.29, 0.717) is 16.3 Å². The van der Waals surface area contributed by atoms with Gasteiger partial charge in [-0.05, 0) is 31.2 Å². The average molecular weight is 311 g/mol. The van der Waals surface area contributed by atoms with E-state index in [1.807, 2.05) is 25.1 Å². The van der Waals surface area contributed by atoms with Crippen LogP contribution in [0.1, 0.15) is 17.2 Å². The first-order chi connectivity index (χ1) is 9.60. The van der Waals surface area contributed by atoms with Gasteiger partial charge in [0.2, 0.25) is 0 Å². The van der Waals surface area contributed by atoms with Crippen molar-refractivity contribution in [1.82, 2.24) is 5.43 Å². The largest absolute Gasteiger partial charge is 0.271 e. The second-order valence-electron chi connectivity index (χ2n) is 4.51. The Morgan fingerprint density at radius 3 is 2.75 bits per heavy atom. The fraction of sp³-hybridized carbons (Fsp3) is 0.200. The SMILES string of the molecule is Cc1cccc(SCC(NN)c2ccc(Cl)cc2F)c1. The normalized spacial score (nSPS) is 12.4. The van der Waals surface area contributed by atoms with E-state index < -0.39 is 0 Å². The first kappa shape index (κ1) is 15.3. The maximum atomic E-state index is 13.9. The smallest absolute Gasteiger partial charge is 0.129 e. The van der Waals surface area contributed by atoms with Crippen LogP contribution in [0.25, 0.3) is 0 Å². The summed E-state index contributed by atoms with van der Waals surface area (Å²) in [6.07, 6.45) is 0. The van der Waals surface area contributed by atoms with Crippen LogP contribution in [0.15, 0.2) is 47.4 Å². The van der Waals surface area contributed by atoms with Crippen LogP contribution >= 0.6 is 23.4 Å². The van der Waals surface area contributed by atoms with Crippen LogP contribution in [0.3, 0.4) is 0 Å². The van der Waals surface area contributed by atoms with Crippen molar-refractivity contribution in [3.05, 3.63) is 64.4 Å². The van der Waals surface area contributed by atoms with Crippen LogP contribution in [-0.2, 0) is 0 Å². The first-order valence-electron chi connectivity index (χ1n) is 6.20. The van der Waals surface area contributed by atoms with Gasteiger partial charge in [-0.15, -0.1) is 11.8 Å². The zero-order valence-corrected chi connectivity index (χ0v) is 12.6. The molecule has 2 rings (SSSR count). The Morgan fingerprint density at radius 1 is 1.30 bits per heavy atom. The summed E-state index contributed by atoms with van der Waals surface area (Å²) >= 11 is 7.39. The monoisotopic (exact) mass is 310 g/mol. The molecule has 0 aromatic heterocycles. The van der Waals surface area contributed by atoms with E-state index in [1.54, 1.807) is 23.9 Å². The second-order valence-corrected chi connectivity index (χ2v) is 6.04. The van der Waals surface area contributed by atoms with Gasteiger partial charge >= 0.3 is 0 Å². The Balaban J connectivity index is 2.09. The fourth-order valence-corrected chi connectivity index (χ4v) is 3.13. The van der Waals surface area contributed by atoms with Gasteiger partial charge in [-0.1, -0.05) is 35.4 Å². The predicted octanol–water partition coefficient (Wildman–Crippen LogP) is 4.08. The van der Waals surface area contributed by atoms with Gasteiger partial charge in [0.15, 0.2) is 0 Å². The molecular weight excluding hydrogens is 295 g/mol. The van der Waals surface area contributed by atoms with Crippen LogP contribution in [0, 0.1) is 12.7 Å². The topological polar surface area (TPSA) is 38.0 Å². The van der Waals surface area contributed by atoms with Gasteiger partial charge in [0.05, 0.1) is 6.04 Å². The van der Waals surface area contributed by atoms with E-state index in [0.717, 1.165) is 4.90 Å². The van der Waals surface area contributed by atoms with Crippen LogP contribution in [-0.4, -0.2) is 5.75 Å². The van der Waals surface area contributed by atoms with Gasteiger partial charge in [-0.25, -0.2) is 4.39 Å². The molecule has 0 heterocycles. The third-order valence-corrected chi connectivity index (χ3v) is 4.27. The molecule has 106 valence electrons. The second kappa shape index (κ2) is 7.09. The zero-order valence-electron chi connectivity index (χ0n) is 11.1. The summed E-state index contributed by atoms with van der Waals surface area (Å²) in [6, 6.07) is 12.5. The van der Waals surface area contributed by atoms with Crippen LogP contribution in [0.5, 0.6) is 0 Å². The van der Waals surface area contributed by atoms with E-state index in [-0.39, 0.29) is 11.9 Å².